The Morgan fingerprint density at radius 2 is 2.10 bits per heavy atom. The van der Waals surface area contributed by atoms with Crippen molar-refractivity contribution in [2.24, 2.45) is 0 Å². The van der Waals surface area contributed by atoms with Crippen molar-refractivity contribution in [2.75, 3.05) is 13.1 Å². The molecule has 3 N–H and O–H groups in total. The molecule has 5 aromatic heterocycles. The normalized spacial score (nSPS) is 14.5. The molecule has 8 heteroatoms. The van der Waals surface area contributed by atoms with E-state index in [0.717, 1.165) is 70.0 Å². The summed E-state index contributed by atoms with van der Waals surface area (Å²) >= 11 is 0. The van der Waals surface area contributed by atoms with E-state index in [0.29, 0.717) is 0 Å². The second kappa shape index (κ2) is 6.64. The van der Waals surface area contributed by atoms with Crippen molar-refractivity contribution >= 4 is 27.6 Å². The molecule has 148 valence electrons. The van der Waals surface area contributed by atoms with Gasteiger partial charge in [-0.1, -0.05) is 6.08 Å². The van der Waals surface area contributed by atoms with Crippen LogP contribution in [0.4, 0.5) is 0 Å². The molecule has 5 aromatic rings. The van der Waals surface area contributed by atoms with Crippen molar-refractivity contribution in [1.82, 2.24) is 40.0 Å². The van der Waals surface area contributed by atoms with Crippen LogP contribution in [0.5, 0.6) is 0 Å². The monoisotopic (exact) mass is 396 g/mol. The average molecular weight is 396 g/mol. The van der Waals surface area contributed by atoms with Crippen LogP contribution < -0.4 is 5.32 Å². The molecule has 0 spiro atoms. The SMILES string of the molecule is Cc1cn(-c2ccnc3[nH]c(-c4n[nH]c5ccc(C6=CCNCC6)nc45)cc23)cn1. The van der Waals surface area contributed by atoms with Gasteiger partial charge in [-0.05, 0) is 49.7 Å². The van der Waals surface area contributed by atoms with Gasteiger partial charge in [0.15, 0.2) is 0 Å². The molecule has 8 nitrogen and oxygen atoms in total. The number of nitrogens with zero attached hydrogens (tertiary/aromatic N) is 5. The maximum absolute atomic E-state index is 4.94. The highest BCUT2D eigenvalue weighted by atomic mass is 15.1. The summed E-state index contributed by atoms with van der Waals surface area (Å²) in [5, 5.41) is 12.0. The molecule has 0 radical (unpaired) electrons. The number of pyridine rings is 2. The van der Waals surface area contributed by atoms with Crippen molar-refractivity contribution in [3.8, 4) is 17.1 Å². The topological polar surface area (TPSA) is 100 Å². The van der Waals surface area contributed by atoms with Crippen molar-refractivity contribution < 1.29 is 0 Å². The van der Waals surface area contributed by atoms with Crippen molar-refractivity contribution in [2.45, 2.75) is 13.3 Å². The summed E-state index contributed by atoms with van der Waals surface area (Å²) in [6.45, 7) is 3.85. The van der Waals surface area contributed by atoms with Crippen LogP contribution >= 0.6 is 0 Å². The number of fused-ring (bicyclic) bond motifs is 2. The Morgan fingerprint density at radius 3 is 2.93 bits per heavy atom. The lowest BCUT2D eigenvalue weighted by Gasteiger charge is -2.13. The zero-order chi connectivity index (χ0) is 20.1. The first-order valence-corrected chi connectivity index (χ1v) is 10.0. The number of hydrogen-bond donors (Lipinski definition) is 3. The first-order chi connectivity index (χ1) is 14.8. The summed E-state index contributed by atoms with van der Waals surface area (Å²) in [5.74, 6) is 0. The first-order valence-electron chi connectivity index (χ1n) is 10.0. The standard InChI is InChI=1S/C22H20N8/c1-13-11-30(12-25-13)19-6-9-24-22-15(19)10-18(27-22)21-20-17(28-29-21)3-2-16(26-20)14-4-7-23-8-5-14/h2-4,6,9-12,23H,5,7-8H2,1H3,(H,24,27)(H,28,29). The molecule has 0 aromatic carbocycles. The molecule has 1 aliphatic heterocycles. The largest absolute Gasteiger partial charge is 0.338 e. The average Bonchev–Trinajstić information content (AvgIpc) is 3.51. The number of nitrogens with one attached hydrogen (secondary N) is 3. The Bertz CT molecular complexity index is 1420. The first kappa shape index (κ1) is 17.1. The minimum absolute atomic E-state index is 0.798. The van der Waals surface area contributed by atoms with Gasteiger partial charge in [-0.2, -0.15) is 5.10 Å². The summed E-state index contributed by atoms with van der Waals surface area (Å²) in [5.41, 5.74) is 8.55. The third kappa shape index (κ3) is 2.73. The van der Waals surface area contributed by atoms with Gasteiger partial charge >= 0.3 is 0 Å². The molecule has 0 aliphatic carbocycles. The summed E-state index contributed by atoms with van der Waals surface area (Å²) in [7, 11) is 0. The van der Waals surface area contributed by atoms with Crippen LogP contribution in [0.25, 0.3) is 44.7 Å². The summed E-state index contributed by atoms with van der Waals surface area (Å²) in [4.78, 5) is 17.2. The molecule has 0 amide bonds. The van der Waals surface area contributed by atoms with E-state index >= 15 is 0 Å². The van der Waals surface area contributed by atoms with E-state index in [-0.39, 0.29) is 0 Å². The minimum Gasteiger partial charge on any atom is -0.338 e. The molecule has 6 heterocycles. The van der Waals surface area contributed by atoms with Crippen LogP contribution in [0.15, 0.2) is 49.1 Å². The van der Waals surface area contributed by atoms with Crippen LogP contribution in [0.2, 0.25) is 0 Å². The van der Waals surface area contributed by atoms with Gasteiger partial charge in [0, 0.05) is 24.3 Å². The maximum atomic E-state index is 4.94. The van der Waals surface area contributed by atoms with E-state index in [1.54, 1.807) is 6.20 Å². The van der Waals surface area contributed by atoms with Crippen LogP contribution in [0.1, 0.15) is 17.8 Å². The van der Waals surface area contributed by atoms with Gasteiger partial charge in [0.05, 0.1) is 34.6 Å². The van der Waals surface area contributed by atoms with E-state index in [2.05, 4.69) is 54.7 Å². The molecular formula is C22H20N8. The molecule has 0 fully saturated rings. The third-order valence-corrected chi connectivity index (χ3v) is 5.55. The molecule has 30 heavy (non-hydrogen) atoms. The second-order valence-corrected chi connectivity index (χ2v) is 7.55. The zero-order valence-corrected chi connectivity index (χ0v) is 16.5. The lowest BCUT2D eigenvalue weighted by molar-refractivity contribution is 0.737. The van der Waals surface area contributed by atoms with Crippen LogP contribution in [-0.4, -0.2) is 47.8 Å². The van der Waals surface area contributed by atoms with E-state index in [4.69, 9.17) is 4.98 Å². The highest BCUT2D eigenvalue weighted by Gasteiger charge is 2.16. The summed E-state index contributed by atoms with van der Waals surface area (Å²) < 4.78 is 2.01. The third-order valence-electron chi connectivity index (χ3n) is 5.55. The highest BCUT2D eigenvalue weighted by Crippen LogP contribution is 2.31. The highest BCUT2D eigenvalue weighted by molar-refractivity contribution is 5.95. The van der Waals surface area contributed by atoms with Gasteiger partial charge in [0.25, 0.3) is 0 Å². The fourth-order valence-electron chi connectivity index (χ4n) is 4.04. The maximum Gasteiger partial charge on any atom is 0.139 e. The number of rotatable bonds is 3. The predicted molar refractivity (Wildman–Crippen MR) is 116 cm³/mol. The predicted octanol–water partition coefficient (Wildman–Crippen LogP) is 3.37. The molecule has 6 rings (SSSR count). The fourth-order valence-corrected chi connectivity index (χ4v) is 4.04. The van der Waals surface area contributed by atoms with Crippen molar-refractivity contribution in [3.05, 3.63) is 60.5 Å². The molecular weight excluding hydrogens is 376 g/mol. The van der Waals surface area contributed by atoms with Gasteiger partial charge in [0.1, 0.15) is 16.9 Å². The number of H-pyrrole nitrogens is 2. The molecule has 0 saturated carbocycles. The second-order valence-electron chi connectivity index (χ2n) is 7.55. The summed E-state index contributed by atoms with van der Waals surface area (Å²) in [6.07, 6.45) is 8.82. The Labute approximate surface area is 172 Å². The molecule has 0 bridgehead atoms. The summed E-state index contributed by atoms with van der Waals surface area (Å²) in [6, 6.07) is 8.19. The van der Waals surface area contributed by atoms with Crippen molar-refractivity contribution in [1.29, 1.82) is 0 Å². The molecule has 0 unspecified atom stereocenters. The Hall–Kier alpha value is -3.78. The van der Waals surface area contributed by atoms with E-state index in [9.17, 15) is 0 Å². The van der Waals surface area contributed by atoms with Gasteiger partial charge in [0.2, 0.25) is 0 Å². The number of hydrogen-bond acceptors (Lipinski definition) is 5. The Balaban J connectivity index is 1.49. The number of aromatic amines is 2. The Morgan fingerprint density at radius 1 is 1.13 bits per heavy atom. The molecule has 0 atom stereocenters. The minimum atomic E-state index is 0.798. The number of aromatic nitrogens is 7. The zero-order valence-electron chi connectivity index (χ0n) is 16.5. The van der Waals surface area contributed by atoms with Gasteiger partial charge in [-0.25, -0.2) is 15.0 Å². The molecule has 0 saturated heterocycles. The van der Waals surface area contributed by atoms with E-state index in [1.165, 1.54) is 5.57 Å². The quantitative estimate of drug-likeness (QED) is 0.434. The van der Waals surface area contributed by atoms with Crippen LogP contribution in [0.3, 0.4) is 0 Å². The Kier molecular flexibility index (Phi) is 3.78. The van der Waals surface area contributed by atoms with E-state index < -0.39 is 0 Å². The lowest BCUT2D eigenvalue weighted by atomic mass is 10.0. The van der Waals surface area contributed by atoms with Gasteiger partial charge in [-0.3, -0.25) is 5.10 Å². The fraction of sp³-hybridized carbons (Fsp3) is 0.182. The van der Waals surface area contributed by atoms with Crippen molar-refractivity contribution in [3.63, 3.8) is 0 Å². The smallest absolute Gasteiger partial charge is 0.139 e. The van der Waals surface area contributed by atoms with Gasteiger partial charge in [-0.15, -0.1) is 0 Å². The lowest BCUT2D eigenvalue weighted by Crippen LogP contribution is -2.20. The van der Waals surface area contributed by atoms with Gasteiger partial charge < -0.3 is 14.9 Å². The number of imidazole rings is 1. The van der Waals surface area contributed by atoms with E-state index in [1.807, 2.05) is 30.1 Å². The van der Waals surface area contributed by atoms with Crippen LogP contribution in [-0.2, 0) is 0 Å². The van der Waals surface area contributed by atoms with Crippen LogP contribution in [0, 0.1) is 6.92 Å². The molecule has 1 aliphatic rings. The number of aryl methyl sites for hydroxylation is 1.